The van der Waals surface area contributed by atoms with Gasteiger partial charge >= 0.3 is 17.9 Å². The number of aliphatic hydroxyl groups excluding tert-OH is 9. The van der Waals surface area contributed by atoms with Crippen molar-refractivity contribution in [2.75, 3.05) is 19.8 Å². The van der Waals surface area contributed by atoms with Gasteiger partial charge in [0.15, 0.2) is 31.1 Å². The maximum absolute atomic E-state index is 12.0. The van der Waals surface area contributed by atoms with Gasteiger partial charge in [-0.25, -0.2) is 4.79 Å². The van der Waals surface area contributed by atoms with Crippen LogP contribution in [0, 0.1) is 0 Å². The van der Waals surface area contributed by atoms with Crippen LogP contribution in [0.2, 0.25) is 0 Å². The molecular weight excluding hydrogens is 888 g/mol. The van der Waals surface area contributed by atoms with Gasteiger partial charge in [-0.05, 0) is 38.5 Å². The molecule has 0 spiro atoms. The van der Waals surface area contributed by atoms with Gasteiger partial charge in [0, 0.05) is 13.8 Å². The zero-order chi connectivity index (χ0) is 49.5. The summed E-state index contributed by atoms with van der Waals surface area (Å²) in [4.78, 5) is 34.1. The minimum absolute atomic E-state index is 0.275. The number of rotatable bonds is 33. The first-order chi connectivity index (χ1) is 31.9. The van der Waals surface area contributed by atoms with Gasteiger partial charge in [0.05, 0.1) is 31.5 Å². The van der Waals surface area contributed by atoms with Gasteiger partial charge in [-0.3, -0.25) is 9.59 Å². The summed E-state index contributed by atoms with van der Waals surface area (Å²) < 4.78 is 46.0. The highest BCUT2D eigenvalue weighted by molar-refractivity contribution is 5.71. The van der Waals surface area contributed by atoms with E-state index in [2.05, 4.69) is 0 Å². The van der Waals surface area contributed by atoms with Crippen LogP contribution in [0.5, 0.6) is 0 Å². The van der Waals surface area contributed by atoms with E-state index in [1.54, 1.807) is 0 Å². The number of hydrogen-bond donors (Lipinski definition) is 10. The number of carboxylic acids is 1. The maximum atomic E-state index is 12.0. The van der Waals surface area contributed by atoms with E-state index in [0.717, 1.165) is 104 Å². The summed E-state index contributed by atoms with van der Waals surface area (Å²) in [5.74, 6) is -2.58. The predicted molar refractivity (Wildman–Crippen MR) is 235 cm³/mol. The van der Waals surface area contributed by atoms with E-state index in [1.807, 2.05) is 6.92 Å². The minimum atomic E-state index is -1.90. The predicted octanol–water partition coefficient (Wildman–Crippen LogP) is 1.23. The highest BCUT2D eigenvalue weighted by Gasteiger charge is 2.52. The molecule has 21 nitrogen and oxygen atoms in total. The molecule has 0 aliphatic carbocycles. The van der Waals surface area contributed by atoms with E-state index in [9.17, 15) is 60.3 Å². The molecular formula is C46H82O21. The SMILES string of the molecule is CCCC[C@H](CCC[C@H](O)[C@@H](O)CCCCCCCCCCCCCC[C@H](O)C(=O)O)O[C@@H]1OC[C@@H](OC(C)=O)[C@H](O)[C@H]1O[C@@H]1OC[C@@H](O)[C@H](O)[C@H]1O[C@@H]1O[C@H](COC(C)=O)[C@@H](O)[C@H](O)[C@H]1O. The standard InChI is InChI=1S/C46H82O21/c1-4-5-19-29(20-18-23-31(50)30(49)21-16-14-12-10-8-6-7-9-11-13-15-17-22-32(51)43(58)59)64-45-42(38(55)35(26-62-45)63-28(3)48)67-46-41(36(53)33(52)24-61-46)66-44-40(57)39(56)37(54)34(65-44)25-60-27(2)47/h29-42,44-46,49-57H,4-26H2,1-3H3,(H,58,59)/t29-,30+,31+,32+,33-,34-,35-,36+,37-,38+,39+,40-,41-,42-,44+,45+,46+/m1/s1. The molecule has 3 fully saturated rings. The molecule has 3 heterocycles. The first-order valence-corrected chi connectivity index (χ1v) is 24.5. The minimum Gasteiger partial charge on any atom is -0.479 e. The van der Waals surface area contributed by atoms with Crippen LogP contribution in [0.4, 0.5) is 0 Å². The molecule has 0 aromatic heterocycles. The van der Waals surface area contributed by atoms with Gasteiger partial charge in [-0.2, -0.15) is 0 Å². The summed E-state index contributed by atoms with van der Waals surface area (Å²) >= 11 is 0. The molecule has 3 rings (SSSR count). The average Bonchev–Trinajstić information content (AvgIpc) is 3.28. The zero-order valence-electron chi connectivity index (χ0n) is 39.5. The van der Waals surface area contributed by atoms with Crippen molar-refractivity contribution >= 4 is 17.9 Å². The molecule has 21 heteroatoms. The fourth-order valence-corrected chi connectivity index (χ4v) is 8.46. The lowest BCUT2D eigenvalue weighted by molar-refractivity contribution is -0.380. The van der Waals surface area contributed by atoms with Crippen LogP contribution in [0.1, 0.15) is 149 Å². The number of carbonyl (C=O) groups is 3. The van der Waals surface area contributed by atoms with Crippen molar-refractivity contribution < 1.29 is 103 Å². The molecule has 0 aromatic rings. The molecule has 0 aromatic carbocycles. The van der Waals surface area contributed by atoms with Crippen LogP contribution in [0.3, 0.4) is 0 Å². The van der Waals surface area contributed by atoms with Crippen LogP contribution < -0.4 is 0 Å². The monoisotopic (exact) mass is 971 g/mol. The van der Waals surface area contributed by atoms with Crippen molar-refractivity contribution in [3.05, 3.63) is 0 Å². The number of aliphatic carboxylic acids is 1. The Labute approximate surface area is 393 Å². The molecule has 3 saturated heterocycles. The number of aliphatic hydroxyl groups is 9. The fraction of sp³-hybridized carbons (Fsp3) is 0.935. The molecule has 3 aliphatic rings. The lowest BCUT2D eigenvalue weighted by Gasteiger charge is -2.46. The summed E-state index contributed by atoms with van der Waals surface area (Å²) in [6.45, 7) is 3.02. The third kappa shape index (κ3) is 21.0. The van der Waals surface area contributed by atoms with Crippen LogP contribution >= 0.6 is 0 Å². The molecule has 0 bridgehead atoms. The Morgan fingerprint density at radius 3 is 1.66 bits per heavy atom. The normalized spacial score (nSPS) is 32.0. The van der Waals surface area contributed by atoms with Crippen LogP contribution in [0.15, 0.2) is 0 Å². The van der Waals surface area contributed by atoms with Crippen molar-refractivity contribution in [1.29, 1.82) is 0 Å². The third-order valence-corrected chi connectivity index (χ3v) is 12.5. The Morgan fingerprint density at radius 2 is 1.09 bits per heavy atom. The van der Waals surface area contributed by atoms with E-state index in [1.165, 1.54) is 0 Å². The summed E-state index contributed by atoms with van der Waals surface area (Å²) in [5, 5.41) is 105. The second-order valence-corrected chi connectivity index (χ2v) is 18.3. The second-order valence-electron chi connectivity index (χ2n) is 18.3. The maximum Gasteiger partial charge on any atom is 0.332 e. The zero-order valence-corrected chi connectivity index (χ0v) is 39.5. The van der Waals surface area contributed by atoms with E-state index in [4.69, 9.17) is 43.0 Å². The van der Waals surface area contributed by atoms with E-state index in [-0.39, 0.29) is 6.61 Å². The van der Waals surface area contributed by atoms with E-state index in [0.29, 0.717) is 38.5 Å². The summed E-state index contributed by atoms with van der Waals surface area (Å²) in [6, 6.07) is 0. The quantitative estimate of drug-likeness (QED) is 0.0327. The Bertz CT molecular complexity index is 1380. The molecule has 0 radical (unpaired) electrons. The Morgan fingerprint density at radius 1 is 0.567 bits per heavy atom. The van der Waals surface area contributed by atoms with Crippen molar-refractivity contribution in [3.8, 4) is 0 Å². The van der Waals surface area contributed by atoms with Gasteiger partial charge in [-0.15, -0.1) is 0 Å². The third-order valence-electron chi connectivity index (χ3n) is 12.5. The summed E-state index contributed by atoms with van der Waals surface area (Å²) in [6.07, 6.45) is -7.93. The Balaban J connectivity index is 1.52. The van der Waals surface area contributed by atoms with Gasteiger partial charge < -0.3 is 89.0 Å². The number of carboxylic acid groups (broad SMARTS) is 1. The topological polar surface area (TPSA) is 327 Å². The molecule has 17 atom stereocenters. The molecule has 392 valence electrons. The number of esters is 2. The highest BCUT2D eigenvalue weighted by Crippen LogP contribution is 2.32. The van der Waals surface area contributed by atoms with Crippen LogP contribution in [-0.4, -0.2) is 193 Å². The van der Waals surface area contributed by atoms with Crippen molar-refractivity contribution in [2.24, 2.45) is 0 Å². The summed E-state index contributed by atoms with van der Waals surface area (Å²) in [7, 11) is 0. The number of unbranched alkanes of at least 4 members (excludes halogenated alkanes) is 12. The van der Waals surface area contributed by atoms with Crippen LogP contribution in [0.25, 0.3) is 0 Å². The second kappa shape index (κ2) is 31.9. The molecule has 0 amide bonds. The first-order valence-electron chi connectivity index (χ1n) is 24.5. The average molecular weight is 971 g/mol. The Kier molecular flexibility index (Phi) is 28.2. The Hall–Kier alpha value is -2.19. The largest absolute Gasteiger partial charge is 0.479 e. The van der Waals surface area contributed by atoms with Gasteiger partial charge in [-0.1, -0.05) is 96.8 Å². The molecule has 0 saturated carbocycles. The summed E-state index contributed by atoms with van der Waals surface area (Å²) in [5.41, 5.74) is 0. The van der Waals surface area contributed by atoms with Gasteiger partial charge in [0.1, 0.15) is 61.5 Å². The smallest absolute Gasteiger partial charge is 0.332 e. The van der Waals surface area contributed by atoms with E-state index < -0.39 is 135 Å². The number of hydrogen-bond acceptors (Lipinski definition) is 20. The van der Waals surface area contributed by atoms with Crippen molar-refractivity contribution in [3.63, 3.8) is 0 Å². The highest BCUT2D eigenvalue weighted by atomic mass is 16.8. The van der Waals surface area contributed by atoms with E-state index >= 15 is 0 Å². The van der Waals surface area contributed by atoms with Gasteiger partial charge in [0.25, 0.3) is 0 Å². The van der Waals surface area contributed by atoms with Gasteiger partial charge in [0.2, 0.25) is 0 Å². The molecule has 10 N–H and O–H groups in total. The number of carbonyl (C=O) groups excluding carboxylic acids is 2. The number of ether oxygens (including phenoxy) is 8. The molecule has 67 heavy (non-hydrogen) atoms. The van der Waals surface area contributed by atoms with Crippen molar-refractivity contribution in [1.82, 2.24) is 0 Å². The molecule has 3 aliphatic heterocycles. The first kappa shape index (κ1) is 59.1. The lowest BCUT2D eigenvalue weighted by Crippen LogP contribution is -2.64. The van der Waals surface area contributed by atoms with Crippen LogP contribution in [-0.2, 0) is 52.3 Å². The lowest BCUT2D eigenvalue weighted by atomic mass is 9.98. The fourth-order valence-electron chi connectivity index (χ4n) is 8.46. The molecule has 0 unspecified atom stereocenters. The van der Waals surface area contributed by atoms with Crippen molar-refractivity contribution in [2.45, 2.75) is 254 Å².